The van der Waals surface area contributed by atoms with E-state index in [9.17, 15) is 20.1 Å². The van der Waals surface area contributed by atoms with E-state index in [0.717, 1.165) is 5.56 Å². The van der Waals surface area contributed by atoms with Gasteiger partial charge in [-0.2, -0.15) is 10.5 Å². The van der Waals surface area contributed by atoms with E-state index >= 15 is 0 Å². The van der Waals surface area contributed by atoms with Crippen LogP contribution in [-0.4, -0.2) is 29.8 Å². The van der Waals surface area contributed by atoms with E-state index in [-0.39, 0.29) is 32.0 Å². The minimum Gasteiger partial charge on any atom is -0.487 e. The molecule has 0 aliphatic heterocycles. The predicted octanol–water partition coefficient (Wildman–Crippen LogP) is 5.76. The fraction of sp³-hybridized carbons (Fsp3) is 0.323. The number of methoxy groups -OCH3 is 1. The van der Waals surface area contributed by atoms with E-state index in [4.69, 9.17) is 14.2 Å². The molecule has 9 heteroatoms. The van der Waals surface area contributed by atoms with Crippen LogP contribution in [0, 0.1) is 29.6 Å². The van der Waals surface area contributed by atoms with Crippen molar-refractivity contribution in [3.05, 3.63) is 88.2 Å². The van der Waals surface area contributed by atoms with Crippen LogP contribution in [0.4, 0.5) is 10.5 Å². The maximum atomic E-state index is 13.4. The van der Waals surface area contributed by atoms with Crippen molar-refractivity contribution < 1.29 is 23.8 Å². The number of anilines is 1. The SMILES string of the molecule is COC(=O)CCc1c(CN(C(=O)OC(C)(C)C)c2ccc(C#N)cc2)cnc(C)c1OCc1cccc(C#N)c1. The number of benzene rings is 2. The molecule has 206 valence electrons. The van der Waals surface area contributed by atoms with Gasteiger partial charge in [-0.1, -0.05) is 12.1 Å². The largest absolute Gasteiger partial charge is 0.487 e. The van der Waals surface area contributed by atoms with Crippen LogP contribution in [0.2, 0.25) is 0 Å². The van der Waals surface area contributed by atoms with Gasteiger partial charge in [-0.05, 0) is 81.6 Å². The number of aromatic nitrogens is 1. The second kappa shape index (κ2) is 13.3. The van der Waals surface area contributed by atoms with Crippen molar-refractivity contribution >= 4 is 17.7 Å². The molecule has 40 heavy (non-hydrogen) atoms. The number of carbonyl (C=O) groups excluding carboxylic acids is 2. The van der Waals surface area contributed by atoms with Crippen LogP contribution in [0.5, 0.6) is 5.75 Å². The Kier molecular flexibility index (Phi) is 9.83. The predicted molar refractivity (Wildman–Crippen MR) is 148 cm³/mol. The summed E-state index contributed by atoms with van der Waals surface area (Å²) in [4.78, 5) is 31.4. The summed E-state index contributed by atoms with van der Waals surface area (Å²) in [5.41, 5.74) is 3.54. The van der Waals surface area contributed by atoms with Gasteiger partial charge in [0.1, 0.15) is 18.0 Å². The van der Waals surface area contributed by atoms with Crippen molar-refractivity contribution in [1.82, 2.24) is 4.98 Å². The Labute approximate surface area is 234 Å². The highest BCUT2D eigenvalue weighted by Gasteiger charge is 2.26. The molecule has 1 amide bonds. The summed E-state index contributed by atoms with van der Waals surface area (Å²) in [5, 5.41) is 18.4. The maximum absolute atomic E-state index is 13.4. The Hall–Kier alpha value is -4.89. The van der Waals surface area contributed by atoms with Crippen LogP contribution in [0.25, 0.3) is 0 Å². The van der Waals surface area contributed by atoms with Gasteiger partial charge in [-0.3, -0.25) is 14.7 Å². The number of aryl methyl sites for hydroxylation is 1. The highest BCUT2D eigenvalue weighted by molar-refractivity contribution is 5.88. The molecule has 2 aromatic carbocycles. The molecule has 0 radical (unpaired) electrons. The molecule has 0 unspecified atom stereocenters. The first kappa shape index (κ1) is 29.7. The lowest BCUT2D eigenvalue weighted by Crippen LogP contribution is -2.36. The summed E-state index contributed by atoms with van der Waals surface area (Å²) in [6.07, 6.45) is 1.46. The number of hydrogen-bond acceptors (Lipinski definition) is 8. The number of rotatable bonds is 9. The monoisotopic (exact) mass is 540 g/mol. The molecule has 3 aromatic rings. The number of ether oxygens (including phenoxy) is 3. The van der Waals surface area contributed by atoms with Crippen molar-refractivity contribution in [2.24, 2.45) is 0 Å². The number of carbonyl (C=O) groups is 2. The van der Waals surface area contributed by atoms with E-state index in [1.165, 1.54) is 12.0 Å². The molecule has 3 rings (SSSR count). The highest BCUT2D eigenvalue weighted by Crippen LogP contribution is 2.31. The lowest BCUT2D eigenvalue weighted by molar-refractivity contribution is -0.140. The first-order valence-corrected chi connectivity index (χ1v) is 12.7. The molecule has 1 heterocycles. The summed E-state index contributed by atoms with van der Waals surface area (Å²) in [5.74, 6) is 0.108. The smallest absolute Gasteiger partial charge is 0.415 e. The van der Waals surface area contributed by atoms with E-state index in [1.807, 2.05) is 6.07 Å². The van der Waals surface area contributed by atoms with Gasteiger partial charge in [0.25, 0.3) is 0 Å². The van der Waals surface area contributed by atoms with Crippen molar-refractivity contribution in [2.45, 2.75) is 59.3 Å². The standard InChI is InChI=1S/C31H32N4O5/c1-21-29(39-20-24-8-6-7-23(15-24)17-33)27(13-14-28(36)38-5)25(18-34-21)19-35(30(37)40-31(2,3)4)26-11-9-22(16-32)10-12-26/h6-12,15,18H,13-14,19-20H2,1-5H3. The first-order chi connectivity index (χ1) is 19.0. The average molecular weight is 541 g/mol. The van der Waals surface area contributed by atoms with Gasteiger partial charge < -0.3 is 14.2 Å². The van der Waals surface area contributed by atoms with Gasteiger partial charge in [-0.25, -0.2) is 4.79 Å². The number of nitrogens with zero attached hydrogens (tertiary/aromatic N) is 4. The Bertz CT molecular complexity index is 1450. The molecule has 0 bridgehead atoms. The lowest BCUT2D eigenvalue weighted by Gasteiger charge is -2.28. The summed E-state index contributed by atoms with van der Waals surface area (Å²) in [6.45, 7) is 7.40. The third-order valence-corrected chi connectivity index (χ3v) is 5.90. The fourth-order valence-electron chi connectivity index (χ4n) is 3.96. The highest BCUT2D eigenvalue weighted by atomic mass is 16.6. The van der Waals surface area contributed by atoms with E-state index < -0.39 is 11.7 Å². The molecule has 0 saturated carbocycles. The van der Waals surface area contributed by atoms with Gasteiger partial charge in [0.2, 0.25) is 0 Å². The molecule has 0 saturated heterocycles. The van der Waals surface area contributed by atoms with Gasteiger partial charge in [0, 0.05) is 23.9 Å². The normalized spacial score (nSPS) is 10.7. The van der Waals surface area contributed by atoms with E-state index in [1.54, 1.807) is 76.4 Å². The van der Waals surface area contributed by atoms with Gasteiger partial charge in [0.05, 0.1) is 42.6 Å². The Morgan fingerprint density at radius 2 is 1.73 bits per heavy atom. The van der Waals surface area contributed by atoms with Crippen LogP contribution >= 0.6 is 0 Å². The number of pyridine rings is 1. The molecule has 9 nitrogen and oxygen atoms in total. The minimum absolute atomic E-state index is 0.0743. The molecular weight excluding hydrogens is 508 g/mol. The van der Waals surface area contributed by atoms with Crippen molar-refractivity contribution in [2.75, 3.05) is 12.0 Å². The van der Waals surface area contributed by atoms with Crippen LogP contribution in [0.3, 0.4) is 0 Å². The minimum atomic E-state index is -0.743. The second-order valence-corrected chi connectivity index (χ2v) is 10.1. The van der Waals surface area contributed by atoms with Gasteiger partial charge >= 0.3 is 12.1 Å². The van der Waals surface area contributed by atoms with E-state index in [0.29, 0.717) is 39.4 Å². The topological polar surface area (TPSA) is 126 Å². The van der Waals surface area contributed by atoms with Crippen LogP contribution in [0.15, 0.2) is 54.7 Å². The van der Waals surface area contributed by atoms with Gasteiger partial charge in [-0.15, -0.1) is 0 Å². The Morgan fingerprint density at radius 1 is 1.02 bits per heavy atom. The van der Waals surface area contributed by atoms with Gasteiger partial charge in [0.15, 0.2) is 0 Å². The maximum Gasteiger partial charge on any atom is 0.415 e. The van der Waals surface area contributed by atoms with Crippen LogP contribution in [-0.2, 0) is 33.8 Å². The zero-order valence-corrected chi connectivity index (χ0v) is 23.4. The molecule has 0 spiro atoms. The van der Waals surface area contributed by atoms with Crippen LogP contribution in [0.1, 0.15) is 60.7 Å². The number of nitriles is 2. The first-order valence-electron chi connectivity index (χ1n) is 12.7. The Morgan fingerprint density at radius 3 is 2.35 bits per heavy atom. The average Bonchev–Trinajstić information content (AvgIpc) is 2.93. The third-order valence-electron chi connectivity index (χ3n) is 5.90. The van der Waals surface area contributed by atoms with Crippen molar-refractivity contribution in [3.8, 4) is 17.9 Å². The summed E-state index contributed by atoms with van der Waals surface area (Å²) >= 11 is 0. The fourth-order valence-corrected chi connectivity index (χ4v) is 3.96. The molecule has 0 atom stereocenters. The quantitative estimate of drug-likeness (QED) is 0.314. The molecule has 0 aliphatic carbocycles. The zero-order valence-electron chi connectivity index (χ0n) is 23.4. The number of esters is 1. The zero-order chi connectivity index (χ0) is 29.3. The second-order valence-electron chi connectivity index (χ2n) is 10.1. The van der Waals surface area contributed by atoms with Crippen LogP contribution < -0.4 is 9.64 Å². The summed E-state index contributed by atoms with van der Waals surface area (Å²) < 4.78 is 16.8. The molecule has 1 aromatic heterocycles. The van der Waals surface area contributed by atoms with E-state index in [2.05, 4.69) is 17.1 Å². The molecular formula is C31H32N4O5. The third kappa shape index (κ3) is 8.05. The summed E-state index contributed by atoms with van der Waals surface area (Å²) in [7, 11) is 1.33. The number of amides is 1. The Balaban J connectivity index is 2.04. The molecule has 0 N–H and O–H groups in total. The molecule has 0 aliphatic rings. The lowest BCUT2D eigenvalue weighted by atomic mass is 10.0. The van der Waals surface area contributed by atoms with Crippen molar-refractivity contribution in [3.63, 3.8) is 0 Å². The van der Waals surface area contributed by atoms with Crippen molar-refractivity contribution in [1.29, 1.82) is 10.5 Å². The summed E-state index contributed by atoms with van der Waals surface area (Å²) in [6, 6.07) is 17.9. The molecule has 0 fully saturated rings. The number of hydrogen-bond donors (Lipinski definition) is 0.